The van der Waals surface area contributed by atoms with E-state index in [0.717, 1.165) is 25.7 Å². The van der Waals surface area contributed by atoms with Gasteiger partial charge in [-0.15, -0.1) is 0 Å². The second-order valence-electron chi connectivity index (χ2n) is 2.28. The van der Waals surface area contributed by atoms with E-state index in [1.54, 1.807) is 0 Å². The Kier molecular flexibility index (Phi) is 5.21. The Morgan fingerprint density at radius 2 is 2.27 bits per heavy atom. The zero-order valence-electron chi connectivity index (χ0n) is 6.08. The van der Waals surface area contributed by atoms with Gasteiger partial charge in [0.15, 0.2) is 0 Å². The number of ether oxygens (including phenoxy) is 1. The van der Waals surface area contributed by atoms with Gasteiger partial charge in [-0.25, -0.2) is 4.79 Å². The second-order valence-corrected chi connectivity index (χ2v) is 2.28. The summed E-state index contributed by atoms with van der Waals surface area (Å²) in [4.78, 5) is 10.0. The van der Waals surface area contributed by atoms with Crippen molar-refractivity contribution >= 4 is 6.16 Å². The Balaban J connectivity index is 0.000001000. The Morgan fingerprint density at radius 3 is 2.73 bits per heavy atom. The summed E-state index contributed by atoms with van der Waals surface area (Å²) in [6.07, 6.45) is 4.55. The fraction of sp³-hybridized carbons (Fsp3) is 0.571. The van der Waals surface area contributed by atoms with Crippen LogP contribution in [0.4, 0.5) is 4.79 Å². The van der Waals surface area contributed by atoms with Gasteiger partial charge < -0.3 is 9.84 Å². The summed E-state index contributed by atoms with van der Waals surface area (Å²) < 4.78 is 4.47. The van der Waals surface area contributed by atoms with Gasteiger partial charge in [0.25, 0.3) is 0 Å². The first-order valence-corrected chi connectivity index (χ1v) is 3.39. The fourth-order valence-electron chi connectivity index (χ4n) is 1.01. The smallest absolute Gasteiger partial charge is 0.449 e. The number of rotatable bonds is 1. The Morgan fingerprint density at radius 1 is 1.55 bits per heavy atom. The molecule has 0 saturated heterocycles. The summed E-state index contributed by atoms with van der Waals surface area (Å²) in [6.45, 7) is 0. The molecule has 11 heavy (non-hydrogen) atoms. The summed E-state index contributed by atoms with van der Waals surface area (Å²) in [7, 11) is 0. The van der Waals surface area contributed by atoms with Gasteiger partial charge in [0.1, 0.15) is 5.76 Å². The van der Waals surface area contributed by atoms with E-state index in [1.807, 2.05) is 6.08 Å². The van der Waals surface area contributed by atoms with Crippen molar-refractivity contribution in [1.82, 2.24) is 0 Å². The average molecular weight is 238 g/mol. The van der Waals surface area contributed by atoms with Crippen LogP contribution in [-0.4, -0.2) is 11.3 Å². The molecule has 0 aromatic rings. The second kappa shape index (κ2) is 5.36. The van der Waals surface area contributed by atoms with Crippen molar-refractivity contribution in [2.24, 2.45) is 0 Å². The predicted molar refractivity (Wildman–Crippen MR) is 35.7 cm³/mol. The largest absolute Gasteiger partial charge is 0.511 e. The van der Waals surface area contributed by atoms with Crippen molar-refractivity contribution in [3.63, 3.8) is 0 Å². The molecule has 0 unspecified atom stereocenters. The summed E-state index contributed by atoms with van der Waals surface area (Å²) in [5, 5.41) is 8.20. The van der Waals surface area contributed by atoms with Crippen LogP contribution in [0.15, 0.2) is 11.8 Å². The number of hydrogen-bond acceptors (Lipinski definition) is 2. The first kappa shape index (κ1) is 10.7. The van der Waals surface area contributed by atoms with Crippen LogP contribution >= 0.6 is 0 Å². The van der Waals surface area contributed by atoms with Gasteiger partial charge in [-0.2, -0.15) is 0 Å². The topological polar surface area (TPSA) is 46.5 Å². The summed E-state index contributed by atoms with van der Waals surface area (Å²) in [5.41, 5.74) is 0. The molecule has 0 spiro atoms. The van der Waals surface area contributed by atoms with Crippen LogP contribution in [0, 0.1) is 0 Å². The maximum atomic E-state index is 10.0. The molecule has 1 aliphatic carbocycles. The molecule has 4 heteroatoms. The molecule has 0 atom stereocenters. The van der Waals surface area contributed by atoms with Gasteiger partial charge in [-0.3, -0.25) is 0 Å². The van der Waals surface area contributed by atoms with Crippen molar-refractivity contribution in [3.05, 3.63) is 11.8 Å². The third-order valence-corrected chi connectivity index (χ3v) is 1.47. The van der Waals surface area contributed by atoms with E-state index in [4.69, 9.17) is 5.11 Å². The summed E-state index contributed by atoms with van der Waals surface area (Å²) >= 11 is 0. The first-order valence-electron chi connectivity index (χ1n) is 3.39. The Hall–Kier alpha value is -0.302. The molecular formula is C7H10MoO3. The molecule has 3 nitrogen and oxygen atoms in total. The van der Waals surface area contributed by atoms with Gasteiger partial charge in [0, 0.05) is 27.5 Å². The Bertz CT molecular complexity index is 165. The predicted octanol–water partition coefficient (Wildman–Crippen LogP) is 2.14. The molecule has 1 rings (SSSR count). The van der Waals surface area contributed by atoms with E-state index in [0.29, 0.717) is 5.76 Å². The van der Waals surface area contributed by atoms with E-state index in [-0.39, 0.29) is 21.1 Å². The zero-order chi connectivity index (χ0) is 7.40. The fourth-order valence-corrected chi connectivity index (χ4v) is 1.01. The molecule has 0 saturated carbocycles. The molecule has 62 valence electrons. The van der Waals surface area contributed by atoms with Crippen molar-refractivity contribution in [2.45, 2.75) is 25.7 Å². The van der Waals surface area contributed by atoms with Crippen molar-refractivity contribution in [1.29, 1.82) is 0 Å². The van der Waals surface area contributed by atoms with Gasteiger partial charge in [-0.05, 0) is 25.3 Å². The van der Waals surface area contributed by atoms with E-state index in [1.165, 1.54) is 0 Å². The van der Waals surface area contributed by atoms with Crippen LogP contribution in [0.25, 0.3) is 0 Å². The molecule has 0 aromatic carbocycles. The maximum Gasteiger partial charge on any atom is 0.511 e. The van der Waals surface area contributed by atoms with Crippen LogP contribution < -0.4 is 0 Å². The normalized spacial score (nSPS) is 16.2. The molecule has 0 aromatic heterocycles. The molecule has 1 N–H and O–H groups in total. The zero-order valence-corrected chi connectivity index (χ0v) is 8.08. The van der Waals surface area contributed by atoms with Crippen LogP contribution in [0.5, 0.6) is 0 Å². The van der Waals surface area contributed by atoms with Gasteiger partial charge in [-0.1, -0.05) is 0 Å². The molecule has 0 aliphatic heterocycles. The average Bonchev–Trinajstić information content (AvgIpc) is 1.88. The third-order valence-electron chi connectivity index (χ3n) is 1.47. The molecule has 0 radical (unpaired) electrons. The van der Waals surface area contributed by atoms with Crippen LogP contribution in [-0.2, 0) is 25.8 Å². The monoisotopic (exact) mass is 240 g/mol. The third kappa shape index (κ3) is 4.20. The summed E-state index contributed by atoms with van der Waals surface area (Å²) in [6, 6.07) is 0. The van der Waals surface area contributed by atoms with Crippen molar-refractivity contribution in [2.75, 3.05) is 0 Å². The van der Waals surface area contributed by atoms with E-state index in [9.17, 15) is 4.79 Å². The number of carboxylic acid groups (broad SMARTS) is 1. The van der Waals surface area contributed by atoms with Gasteiger partial charge >= 0.3 is 6.16 Å². The van der Waals surface area contributed by atoms with Gasteiger partial charge in [0.05, 0.1) is 0 Å². The standard InChI is InChI=1S/C7H10O3.Mo/c8-7(9)10-6-4-2-1-3-5-6;/h4H,1-3,5H2,(H,8,9);. The van der Waals surface area contributed by atoms with E-state index < -0.39 is 6.16 Å². The number of carbonyl (C=O) groups is 1. The molecule has 0 bridgehead atoms. The minimum Gasteiger partial charge on any atom is -0.449 e. The molecule has 1 aliphatic rings. The quantitative estimate of drug-likeness (QED) is 0.562. The van der Waals surface area contributed by atoms with Crippen LogP contribution in [0.2, 0.25) is 0 Å². The van der Waals surface area contributed by atoms with Crippen LogP contribution in [0.1, 0.15) is 25.7 Å². The number of hydrogen-bond donors (Lipinski definition) is 1. The van der Waals surface area contributed by atoms with Crippen LogP contribution in [0.3, 0.4) is 0 Å². The Labute approximate surface area is 79.7 Å². The minimum atomic E-state index is -1.20. The molecule has 0 heterocycles. The first-order chi connectivity index (χ1) is 4.79. The molecule has 0 amide bonds. The summed E-state index contributed by atoms with van der Waals surface area (Å²) in [5.74, 6) is 0.610. The molecular weight excluding hydrogens is 228 g/mol. The van der Waals surface area contributed by atoms with Gasteiger partial charge in [0.2, 0.25) is 0 Å². The van der Waals surface area contributed by atoms with Crippen molar-refractivity contribution in [3.8, 4) is 0 Å². The number of allylic oxidation sites excluding steroid dienone is 2. The minimum absolute atomic E-state index is 0. The molecule has 0 fully saturated rings. The maximum absolute atomic E-state index is 10.0. The van der Waals surface area contributed by atoms with E-state index in [2.05, 4.69) is 4.74 Å². The van der Waals surface area contributed by atoms with E-state index >= 15 is 0 Å². The van der Waals surface area contributed by atoms with Crippen molar-refractivity contribution < 1.29 is 35.7 Å². The SMILES string of the molecule is O=C(O)OC1=CCCCC1.[Mo].